The predicted octanol–water partition coefficient (Wildman–Crippen LogP) is 4.46. The molecule has 3 aromatic rings. The minimum atomic E-state index is -0.457. The third-order valence-electron chi connectivity index (χ3n) is 4.18. The van der Waals surface area contributed by atoms with Crippen molar-refractivity contribution in [2.45, 2.75) is 13.8 Å². The SMILES string of the molecule is Cc1cc(/C=C(/C#N)c2ccc([N+](=O)[O-])cc2)c(C)n1-c1cccnc1. The second-order valence-electron chi connectivity index (χ2n) is 5.85. The van der Waals surface area contributed by atoms with E-state index < -0.39 is 4.92 Å². The Morgan fingerprint density at radius 3 is 2.58 bits per heavy atom. The average molecular weight is 344 g/mol. The molecule has 2 aromatic heterocycles. The molecular weight excluding hydrogens is 328 g/mol. The van der Waals surface area contributed by atoms with Gasteiger partial charge in [-0.25, -0.2) is 0 Å². The number of aryl methyl sites for hydroxylation is 1. The van der Waals surface area contributed by atoms with Crippen LogP contribution in [-0.2, 0) is 0 Å². The lowest BCUT2D eigenvalue weighted by atomic mass is 10.0. The fourth-order valence-electron chi connectivity index (χ4n) is 2.92. The minimum Gasteiger partial charge on any atom is -0.316 e. The number of nitriles is 1. The van der Waals surface area contributed by atoms with Gasteiger partial charge in [0.25, 0.3) is 5.69 Å². The number of rotatable bonds is 4. The van der Waals surface area contributed by atoms with Gasteiger partial charge in [-0.2, -0.15) is 5.26 Å². The van der Waals surface area contributed by atoms with Crippen molar-refractivity contribution in [2.24, 2.45) is 0 Å². The summed E-state index contributed by atoms with van der Waals surface area (Å²) < 4.78 is 2.07. The first kappa shape index (κ1) is 17.1. The van der Waals surface area contributed by atoms with Gasteiger partial charge in [0.15, 0.2) is 0 Å². The zero-order valence-corrected chi connectivity index (χ0v) is 14.4. The van der Waals surface area contributed by atoms with Gasteiger partial charge >= 0.3 is 0 Å². The van der Waals surface area contributed by atoms with E-state index in [1.165, 1.54) is 12.1 Å². The highest BCUT2D eigenvalue weighted by atomic mass is 16.6. The number of nitro benzene ring substituents is 1. The number of allylic oxidation sites excluding steroid dienone is 1. The smallest absolute Gasteiger partial charge is 0.269 e. The van der Waals surface area contributed by atoms with Crippen molar-refractivity contribution in [1.82, 2.24) is 9.55 Å². The van der Waals surface area contributed by atoms with E-state index in [1.54, 1.807) is 30.6 Å². The Bertz CT molecular complexity index is 1030. The number of hydrogen-bond acceptors (Lipinski definition) is 4. The molecule has 0 unspecified atom stereocenters. The van der Waals surface area contributed by atoms with Crippen LogP contribution in [0.25, 0.3) is 17.3 Å². The first-order valence-corrected chi connectivity index (χ1v) is 7.97. The molecule has 0 N–H and O–H groups in total. The summed E-state index contributed by atoms with van der Waals surface area (Å²) in [4.78, 5) is 14.5. The Balaban J connectivity index is 2.03. The molecule has 0 aliphatic rings. The van der Waals surface area contributed by atoms with Crippen molar-refractivity contribution in [3.05, 3.63) is 87.5 Å². The number of pyridine rings is 1. The molecule has 6 heteroatoms. The zero-order chi connectivity index (χ0) is 18.7. The van der Waals surface area contributed by atoms with Crippen molar-refractivity contribution in [2.75, 3.05) is 0 Å². The number of hydrogen-bond donors (Lipinski definition) is 0. The molecule has 0 aliphatic heterocycles. The highest BCUT2D eigenvalue weighted by Crippen LogP contribution is 2.26. The third kappa shape index (κ3) is 3.23. The number of aromatic nitrogens is 2. The van der Waals surface area contributed by atoms with E-state index in [1.807, 2.05) is 32.0 Å². The van der Waals surface area contributed by atoms with Gasteiger partial charge in [-0.15, -0.1) is 0 Å². The first-order chi connectivity index (χ1) is 12.5. The van der Waals surface area contributed by atoms with Gasteiger partial charge < -0.3 is 4.57 Å². The maximum Gasteiger partial charge on any atom is 0.269 e. The molecule has 128 valence electrons. The van der Waals surface area contributed by atoms with Gasteiger partial charge in [0.05, 0.1) is 28.4 Å². The summed E-state index contributed by atoms with van der Waals surface area (Å²) in [5.74, 6) is 0. The molecule has 0 saturated carbocycles. The van der Waals surface area contributed by atoms with E-state index in [0.29, 0.717) is 11.1 Å². The predicted molar refractivity (Wildman–Crippen MR) is 99.6 cm³/mol. The summed E-state index contributed by atoms with van der Waals surface area (Å²) in [5, 5.41) is 20.3. The fraction of sp³-hybridized carbons (Fsp3) is 0.100. The molecule has 0 saturated heterocycles. The second-order valence-corrected chi connectivity index (χ2v) is 5.85. The minimum absolute atomic E-state index is 0.000736. The Morgan fingerprint density at radius 1 is 1.27 bits per heavy atom. The molecule has 0 fully saturated rings. The van der Waals surface area contributed by atoms with Crippen LogP contribution < -0.4 is 0 Å². The molecule has 0 amide bonds. The Labute approximate surface area is 150 Å². The summed E-state index contributed by atoms with van der Waals surface area (Å²) in [5.41, 5.74) is 4.99. The van der Waals surface area contributed by atoms with E-state index in [4.69, 9.17) is 0 Å². The maximum absolute atomic E-state index is 10.8. The molecule has 0 aliphatic carbocycles. The monoisotopic (exact) mass is 344 g/mol. The van der Waals surface area contributed by atoms with Gasteiger partial charge in [-0.3, -0.25) is 15.1 Å². The lowest BCUT2D eigenvalue weighted by Crippen LogP contribution is -1.99. The van der Waals surface area contributed by atoms with E-state index in [2.05, 4.69) is 15.6 Å². The van der Waals surface area contributed by atoms with Crippen LogP contribution in [-0.4, -0.2) is 14.5 Å². The Hall–Kier alpha value is -3.72. The zero-order valence-electron chi connectivity index (χ0n) is 14.4. The van der Waals surface area contributed by atoms with E-state index in [-0.39, 0.29) is 5.69 Å². The van der Waals surface area contributed by atoms with Crippen LogP contribution >= 0.6 is 0 Å². The van der Waals surface area contributed by atoms with Crippen LogP contribution in [0.15, 0.2) is 54.9 Å². The molecular formula is C20H16N4O2. The topological polar surface area (TPSA) is 84.7 Å². The van der Waals surface area contributed by atoms with Gasteiger partial charge in [0, 0.05) is 29.7 Å². The van der Waals surface area contributed by atoms with Crippen LogP contribution in [0.5, 0.6) is 0 Å². The van der Waals surface area contributed by atoms with Crippen LogP contribution in [0.2, 0.25) is 0 Å². The van der Waals surface area contributed by atoms with Crippen molar-refractivity contribution >= 4 is 17.3 Å². The standard InChI is InChI=1S/C20H16N4O2/c1-14-10-17(15(2)23(14)20-4-3-9-22-13-20)11-18(12-21)16-5-7-19(8-6-16)24(25)26/h3-11,13H,1-2H3/b18-11-. The molecule has 3 rings (SSSR count). The van der Waals surface area contributed by atoms with Gasteiger partial charge in [-0.05, 0) is 61.4 Å². The molecule has 2 heterocycles. The van der Waals surface area contributed by atoms with Crippen molar-refractivity contribution in [3.63, 3.8) is 0 Å². The molecule has 0 atom stereocenters. The van der Waals surface area contributed by atoms with Crippen LogP contribution in [0, 0.1) is 35.3 Å². The first-order valence-electron chi connectivity index (χ1n) is 7.97. The molecule has 0 radical (unpaired) electrons. The van der Waals surface area contributed by atoms with E-state index >= 15 is 0 Å². The van der Waals surface area contributed by atoms with Crippen LogP contribution in [0.1, 0.15) is 22.5 Å². The second kappa shape index (κ2) is 7.03. The Kier molecular flexibility index (Phi) is 4.63. The average Bonchev–Trinajstić information content (AvgIpc) is 2.93. The molecule has 0 bridgehead atoms. The molecule has 0 spiro atoms. The van der Waals surface area contributed by atoms with Crippen molar-refractivity contribution in [3.8, 4) is 11.8 Å². The van der Waals surface area contributed by atoms with Gasteiger partial charge in [0.2, 0.25) is 0 Å². The highest BCUT2D eigenvalue weighted by Gasteiger charge is 2.12. The summed E-state index contributed by atoms with van der Waals surface area (Å²) in [6.45, 7) is 3.98. The summed E-state index contributed by atoms with van der Waals surface area (Å²) in [6.07, 6.45) is 5.31. The molecule has 1 aromatic carbocycles. The molecule has 26 heavy (non-hydrogen) atoms. The van der Waals surface area contributed by atoms with Crippen molar-refractivity contribution < 1.29 is 4.92 Å². The summed E-state index contributed by atoms with van der Waals surface area (Å²) in [6, 6.07) is 14.0. The van der Waals surface area contributed by atoms with Crippen LogP contribution in [0.3, 0.4) is 0 Å². The lowest BCUT2D eigenvalue weighted by molar-refractivity contribution is -0.384. The third-order valence-corrected chi connectivity index (χ3v) is 4.18. The normalized spacial score (nSPS) is 11.2. The van der Waals surface area contributed by atoms with Crippen LogP contribution in [0.4, 0.5) is 5.69 Å². The van der Waals surface area contributed by atoms with E-state index in [9.17, 15) is 15.4 Å². The van der Waals surface area contributed by atoms with E-state index in [0.717, 1.165) is 22.6 Å². The lowest BCUT2D eigenvalue weighted by Gasteiger charge is -2.08. The summed E-state index contributed by atoms with van der Waals surface area (Å²) >= 11 is 0. The number of non-ortho nitro benzene ring substituents is 1. The summed E-state index contributed by atoms with van der Waals surface area (Å²) in [7, 11) is 0. The molecule has 6 nitrogen and oxygen atoms in total. The highest BCUT2D eigenvalue weighted by molar-refractivity contribution is 5.90. The van der Waals surface area contributed by atoms with Crippen molar-refractivity contribution in [1.29, 1.82) is 5.26 Å². The van der Waals surface area contributed by atoms with Gasteiger partial charge in [0.1, 0.15) is 0 Å². The number of benzene rings is 1. The quantitative estimate of drug-likeness (QED) is 0.397. The fourth-order valence-corrected chi connectivity index (χ4v) is 2.92. The number of nitro groups is 1. The Morgan fingerprint density at radius 2 is 2.00 bits per heavy atom. The maximum atomic E-state index is 10.8. The largest absolute Gasteiger partial charge is 0.316 e. The van der Waals surface area contributed by atoms with Gasteiger partial charge in [-0.1, -0.05) is 0 Å². The number of nitrogens with zero attached hydrogens (tertiary/aromatic N) is 4.